The van der Waals surface area contributed by atoms with Crippen LogP contribution in [-0.4, -0.2) is 17.3 Å². The molecule has 1 rings (SSSR count). The van der Waals surface area contributed by atoms with Crippen molar-refractivity contribution in [3.05, 3.63) is 12.2 Å². The molecule has 1 heterocycles. The number of allylic oxidation sites excluding steroid dienone is 1. The molecule has 0 bridgehead atoms. The van der Waals surface area contributed by atoms with Gasteiger partial charge in [0.25, 0.3) is 0 Å². The van der Waals surface area contributed by atoms with E-state index in [4.69, 9.17) is 0 Å². The highest BCUT2D eigenvalue weighted by Crippen LogP contribution is 2.12. The normalized spacial score (nSPS) is 19.7. The third-order valence-corrected chi connectivity index (χ3v) is 4.08. The standard InChI is InChI=1S/C8H15S.BrH/c1-2-3-6-9-7-4-5-8-9;/h2-3H,4-8H2,1H3;1H/q+1;/p-1/b3-2-;. The molecule has 0 nitrogen and oxygen atoms in total. The molecular formula is C8H15BrS. The maximum absolute atomic E-state index is 2.31. The van der Waals surface area contributed by atoms with Gasteiger partial charge in [-0.2, -0.15) is 0 Å². The van der Waals surface area contributed by atoms with E-state index in [0.29, 0.717) is 0 Å². The zero-order chi connectivity index (χ0) is 6.53. The maximum atomic E-state index is 2.31. The van der Waals surface area contributed by atoms with Crippen molar-refractivity contribution in [1.29, 1.82) is 0 Å². The summed E-state index contributed by atoms with van der Waals surface area (Å²) < 4.78 is 0. The van der Waals surface area contributed by atoms with Gasteiger partial charge in [-0.15, -0.1) is 0 Å². The van der Waals surface area contributed by atoms with Crippen LogP contribution in [0, 0.1) is 0 Å². The van der Waals surface area contributed by atoms with Crippen LogP contribution in [0.25, 0.3) is 0 Å². The second kappa shape index (κ2) is 6.29. The monoisotopic (exact) mass is 222 g/mol. The first kappa shape index (κ1) is 10.6. The molecule has 1 saturated heterocycles. The van der Waals surface area contributed by atoms with Crippen molar-refractivity contribution < 1.29 is 17.0 Å². The van der Waals surface area contributed by atoms with Crippen LogP contribution in [0.1, 0.15) is 19.8 Å². The van der Waals surface area contributed by atoms with Gasteiger partial charge in [-0.05, 0) is 36.7 Å². The predicted molar refractivity (Wildman–Crippen MR) is 46.0 cm³/mol. The second-order valence-electron chi connectivity index (χ2n) is 2.46. The van der Waals surface area contributed by atoms with Crippen molar-refractivity contribution in [2.45, 2.75) is 19.8 Å². The molecule has 60 valence electrons. The Hall–Kier alpha value is 0.570. The molecule has 0 unspecified atom stereocenters. The van der Waals surface area contributed by atoms with Gasteiger partial charge in [0.2, 0.25) is 0 Å². The van der Waals surface area contributed by atoms with Crippen molar-refractivity contribution in [3.63, 3.8) is 0 Å². The first-order valence-electron chi connectivity index (χ1n) is 3.68. The van der Waals surface area contributed by atoms with E-state index in [1.807, 2.05) is 0 Å². The van der Waals surface area contributed by atoms with Crippen LogP contribution in [0.3, 0.4) is 0 Å². The van der Waals surface area contributed by atoms with Crippen LogP contribution < -0.4 is 17.0 Å². The summed E-state index contributed by atoms with van der Waals surface area (Å²) in [5.41, 5.74) is 0. The summed E-state index contributed by atoms with van der Waals surface area (Å²) in [6.07, 6.45) is 7.46. The van der Waals surface area contributed by atoms with E-state index in [1.165, 1.54) is 30.1 Å². The summed E-state index contributed by atoms with van der Waals surface area (Å²) in [5.74, 6) is 4.37. The molecule has 0 radical (unpaired) electrons. The molecule has 0 aromatic rings. The Morgan fingerprint density at radius 2 is 1.90 bits per heavy atom. The second-order valence-corrected chi connectivity index (χ2v) is 4.84. The highest BCUT2D eigenvalue weighted by molar-refractivity contribution is 7.97. The molecule has 1 aliphatic rings. The minimum Gasteiger partial charge on any atom is -1.00 e. The summed E-state index contributed by atoms with van der Waals surface area (Å²) in [6.45, 7) is 2.11. The Bertz CT molecular complexity index is 95.4. The van der Waals surface area contributed by atoms with Gasteiger partial charge >= 0.3 is 0 Å². The quantitative estimate of drug-likeness (QED) is 0.415. The fraction of sp³-hybridized carbons (Fsp3) is 0.750. The summed E-state index contributed by atoms with van der Waals surface area (Å²) in [6, 6.07) is 0. The van der Waals surface area contributed by atoms with Crippen LogP contribution >= 0.6 is 0 Å². The van der Waals surface area contributed by atoms with Crippen LogP contribution in [0.4, 0.5) is 0 Å². The summed E-state index contributed by atoms with van der Waals surface area (Å²) in [5, 5.41) is 0. The maximum Gasteiger partial charge on any atom is 0.126 e. The lowest BCUT2D eigenvalue weighted by molar-refractivity contribution is -0.00000195. The lowest BCUT2D eigenvalue weighted by Crippen LogP contribution is -3.00. The van der Waals surface area contributed by atoms with Gasteiger partial charge in [-0.1, -0.05) is 6.08 Å². The van der Waals surface area contributed by atoms with Gasteiger partial charge in [0.05, 0.1) is 0 Å². The Kier molecular flexibility index (Phi) is 6.65. The molecule has 0 aromatic carbocycles. The lowest BCUT2D eigenvalue weighted by Gasteiger charge is -1.92. The molecule has 0 saturated carbocycles. The summed E-state index contributed by atoms with van der Waals surface area (Å²) >= 11 is 0. The van der Waals surface area contributed by atoms with Crippen LogP contribution in [0.15, 0.2) is 12.2 Å². The molecule has 2 heteroatoms. The third kappa shape index (κ3) is 3.67. The van der Waals surface area contributed by atoms with E-state index < -0.39 is 0 Å². The minimum atomic E-state index is 0. The lowest BCUT2D eigenvalue weighted by atomic mass is 10.4. The number of rotatable bonds is 2. The first-order chi connectivity index (χ1) is 4.43. The van der Waals surface area contributed by atoms with Gasteiger partial charge in [-0.25, -0.2) is 0 Å². The van der Waals surface area contributed by atoms with Crippen molar-refractivity contribution in [3.8, 4) is 0 Å². The molecule has 0 spiro atoms. The van der Waals surface area contributed by atoms with E-state index in [9.17, 15) is 0 Å². The highest BCUT2D eigenvalue weighted by Gasteiger charge is 2.21. The van der Waals surface area contributed by atoms with Crippen LogP contribution in [0.2, 0.25) is 0 Å². The number of halogens is 1. The molecule has 0 N–H and O–H groups in total. The Balaban J connectivity index is 0.000000810. The van der Waals surface area contributed by atoms with E-state index in [-0.39, 0.29) is 17.0 Å². The first-order valence-corrected chi connectivity index (χ1v) is 5.42. The average molecular weight is 223 g/mol. The van der Waals surface area contributed by atoms with Crippen molar-refractivity contribution in [2.24, 2.45) is 0 Å². The van der Waals surface area contributed by atoms with Gasteiger partial charge < -0.3 is 17.0 Å². The van der Waals surface area contributed by atoms with Crippen molar-refractivity contribution in [2.75, 3.05) is 17.3 Å². The highest BCUT2D eigenvalue weighted by atomic mass is 79.9. The molecule has 0 amide bonds. The molecule has 1 aliphatic heterocycles. The number of hydrogen-bond acceptors (Lipinski definition) is 0. The van der Waals surface area contributed by atoms with Crippen LogP contribution in [0.5, 0.6) is 0 Å². The van der Waals surface area contributed by atoms with Crippen molar-refractivity contribution in [1.82, 2.24) is 0 Å². The summed E-state index contributed by atoms with van der Waals surface area (Å²) in [4.78, 5) is 0. The minimum absolute atomic E-state index is 0. The number of hydrogen-bond donors (Lipinski definition) is 0. The SMILES string of the molecule is C/C=C\C[S+]1CCCC1.[Br-]. The van der Waals surface area contributed by atoms with Gasteiger partial charge in [0.1, 0.15) is 17.3 Å². The van der Waals surface area contributed by atoms with Crippen molar-refractivity contribution >= 4 is 10.9 Å². The zero-order valence-corrected chi connectivity index (χ0v) is 8.88. The summed E-state index contributed by atoms with van der Waals surface area (Å²) in [7, 11) is 0.786. The predicted octanol–water partition coefficient (Wildman–Crippen LogP) is -1.02. The Morgan fingerprint density at radius 1 is 1.30 bits per heavy atom. The smallest absolute Gasteiger partial charge is 0.126 e. The fourth-order valence-electron chi connectivity index (χ4n) is 1.11. The van der Waals surface area contributed by atoms with Gasteiger partial charge in [0, 0.05) is 0 Å². The van der Waals surface area contributed by atoms with Crippen LogP contribution in [-0.2, 0) is 10.9 Å². The fourth-order valence-corrected chi connectivity index (χ4v) is 3.34. The topological polar surface area (TPSA) is 0 Å². The van der Waals surface area contributed by atoms with Gasteiger partial charge in [-0.3, -0.25) is 0 Å². The molecule has 1 fully saturated rings. The largest absolute Gasteiger partial charge is 1.00 e. The molecule has 0 aromatic heterocycles. The van der Waals surface area contributed by atoms with E-state index >= 15 is 0 Å². The molecular weight excluding hydrogens is 208 g/mol. The molecule has 0 aliphatic carbocycles. The molecule has 10 heavy (non-hydrogen) atoms. The van der Waals surface area contributed by atoms with E-state index in [1.54, 1.807) is 0 Å². The molecule has 0 atom stereocenters. The van der Waals surface area contributed by atoms with E-state index in [0.717, 1.165) is 10.9 Å². The zero-order valence-electron chi connectivity index (χ0n) is 6.48. The van der Waals surface area contributed by atoms with E-state index in [2.05, 4.69) is 19.1 Å². The Labute approximate surface area is 77.2 Å². The van der Waals surface area contributed by atoms with Gasteiger partial charge in [0.15, 0.2) is 0 Å². The Morgan fingerprint density at radius 3 is 2.40 bits per heavy atom. The third-order valence-electron chi connectivity index (χ3n) is 1.68. The average Bonchev–Trinajstić information content (AvgIpc) is 2.34.